The van der Waals surface area contributed by atoms with Gasteiger partial charge >= 0.3 is 5.97 Å². The number of rotatable bonds is 7. The van der Waals surface area contributed by atoms with Crippen molar-refractivity contribution in [3.63, 3.8) is 0 Å². The number of anilines is 1. The number of esters is 1. The number of hydrogen-bond donors (Lipinski definition) is 0. The number of nitrogens with zero attached hydrogens (tertiary/aromatic N) is 4. The zero-order chi connectivity index (χ0) is 25.8. The highest BCUT2D eigenvalue weighted by molar-refractivity contribution is 7.98. The third-order valence-electron chi connectivity index (χ3n) is 5.54. The molecule has 1 aliphatic heterocycles. The van der Waals surface area contributed by atoms with Crippen LogP contribution in [0.3, 0.4) is 0 Å². The number of ether oxygens (including phenoxy) is 4. The second-order valence-corrected chi connectivity index (χ2v) is 8.41. The van der Waals surface area contributed by atoms with Crippen LogP contribution >= 0.6 is 11.8 Å². The topological polar surface area (TPSA) is 113 Å². The van der Waals surface area contributed by atoms with E-state index in [1.54, 1.807) is 30.9 Å². The number of hydrogen-bond acceptors (Lipinski definition) is 10. The van der Waals surface area contributed by atoms with Crippen molar-refractivity contribution in [3.8, 4) is 34.4 Å². The van der Waals surface area contributed by atoms with Gasteiger partial charge in [-0.3, -0.25) is 14.5 Å². The van der Waals surface area contributed by atoms with E-state index in [2.05, 4.69) is 15.2 Å². The SMILES string of the molecule is CCC(=O)Oc1c(OC)cc(C2Oc3nc(SC)nnc3-c3ccccc3N2C(=O)CC)cc1OC. The largest absolute Gasteiger partial charge is 0.493 e. The number of amides is 1. The molecule has 0 N–H and O–H groups in total. The van der Waals surface area contributed by atoms with Crippen molar-refractivity contribution >= 4 is 29.3 Å². The summed E-state index contributed by atoms with van der Waals surface area (Å²) in [5, 5.41) is 8.96. The predicted octanol–water partition coefficient (Wildman–Crippen LogP) is 4.43. The highest BCUT2D eigenvalue weighted by Gasteiger charge is 2.36. The minimum Gasteiger partial charge on any atom is -0.493 e. The molecule has 0 aliphatic carbocycles. The Kier molecular flexibility index (Phi) is 7.58. The van der Waals surface area contributed by atoms with Gasteiger partial charge in [0.25, 0.3) is 0 Å². The highest BCUT2D eigenvalue weighted by atomic mass is 32.2. The van der Waals surface area contributed by atoms with Gasteiger partial charge in [0.2, 0.25) is 28.9 Å². The van der Waals surface area contributed by atoms with Crippen molar-refractivity contribution < 1.29 is 28.5 Å². The Balaban J connectivity index is 1.96. The molecule has 1 amide bonds. The van der Waals surface area contributed by atoms with Gasteiger partial charge < -0.3 is 18.9 Å². The van der Waals surface area contributed by atoms with E-state index < -0.39 is 12.2 Å². The third kappa shape index (κ3) is 4.66. The van der Waals surface area contributed by atoms with Crippen LogP contribution in [0.4, 0.5) is 5.69 Å². The van der Waals surface area contributed by atoms with Crippen LogP contribution in [-0.4, -0.2) is 47.5 Å². The number of carbonyl (C=O) groups is 2. The van der Waals surface area contributed by atoms with E-state index in [0.717, 1.165) is 0 Å². The van der Waals surface area contributed by atoms with Crippen LogP contribution in [0.25, 0.3) is 11.3 Å². The minimum atomic E-state index is -0.954. The average molecular weight is 511 g/mol. The molecule has 1 unspecified atom stereocenters. The molecular formula is C25H26N4O6S. The van der Waals surface area contributed by atoms with Crippen LogP contribution < -0.4 is 23.8 Å². The van der Waals surface area contributed by atoms with Gasteiger partial charge in [-0.15, -0.1) is 10.2 Å². The van der Waals surface area contributed by atoms with Crippen LogP contribution in [-0.2, 0) is 9.59 Å². The molecule has 11 heteroatoms. The third-order valence-corrected chi connectivity index (χ3v) is 6.08. The number of methoxy groups -OCH3 is 2. The van der Waals surface area contributed by atoms with Gasteiger partial charge in [-0.1, -0.05) is 43.8 Å². The Morgan fingerprint density at radius 3 is 2.36 bits per heavy atom. The summed E-state index contributed by atoms with van der Waals surface area (Å²) in [6.07, 6.45) is 1.28. The molecule has 1 aromatic heterocycles. The second-order valence-electron chi connectivity index (χ2n) is 7.64. The quantitative estimate of drug-likeness (QED) is 0.257. The second kappa shape index (κ2) is 10.8. The van der Waals surface area contributed by atoms with Crippen molar-refractivity contribution in [2.75, 3.05) is 25.4 Å². The van der Waals surface area contributed by atoms with Crippen LogP contribution in [0.15, 0.2) is 41.6 Å². The van der Waals surface area contributed by atoms with E-state index in [9.17, 15) is 9.59 Å². The molecule has 2 aromatic carbocycles. The van der Waals surface area contributed by atoms with E-state index >= 15 is 0 Å². The molecule has 1 aliphatic rings. The summed E-state index contributed by atoms with van der Waals surface area (Å²) in [5.41, 5.74) is 2.21. The Morgan fingerprint density at radius 2 is 1.75 bits per heavy atom. The van der Waals surface area contributed by atoms with Crippen molar-refractivity contribution in [2.24, 2.45) is 0 Å². The van der Waals surface area contributed by atoms with Crippen LogP contribution in [0.5, 0.6) is 23.1 Å². The van der Waals surface area contributed by atoms with E-state index in [4.69, 9.17) is 18.9 Å². The normalized spacial score (nSPS) is 14.1. The maximum absolute atomic E-state index is 13.4. The van der Waals surface area contributed by atoms with Gasteiger partial charge in [-0.05, 0) is 24.5 Å². The molecule has 0 saturated carbocycles. The first-order valence-electron chi connectivity index (χ1n) is 11.3. The van der Waals surface area contributed by atoms with Crippen molar-refractivity contribution in [3.05, 3.63) is 42.0 Å². The van der Waals surface area contributed by atoms with Crippen LogP contribution in [0.2, 0.25) is 0 Å². The molecule has 0 bridgehead atoms. The van der Waals surface area contributed by atoms with Gasteiger partial charge in [0.15, 0.2) is 17.2 Å². The smallest absolute Gasteiger partial charge is 0.311 e. The van der Waals surface area contributed by atoms with Gasteiger partial charge in [-0.25, -0.2) is 0 Å². The number of carbonyl (C=O) groups excluding carboxylic acids is 2. The van der Waals surface area contributed by atoms with Gasteiger partial charge in [0, 0.05) is 24.0 Å². The van der Waals surface area contributed by atoms with Gasteiger partial charge in [-0.2, -0.15) is 4.98 Å². The molecule has 0 saturated heterocycles. The lowest BCUT2D eigenvalue weighted by Crippen LogP contribution is -2.37. The Morgan fingerprint density at radius 1 is 1.06 bits per heavy atom. The lowest BCUT2D eigenvalue weighted by Gasteiger charge is -2.31. The average Bonchev–Trinajstić information content (AvgIpc) is 3.06. The molecule has 0 radical (unpaired) electrons. The highest BCUT2D eigenvalue weighted by Crippen LogP contribution is 2.46. The molecule has 10 nitrogen and oxygen atoms in total. The maximum atomic E-state index is 13.4. The predicted molar refractivity (Wildman–Crippen MR) is 134 cm³/mol. The molecule has 3 aromatic rings. The van der Waals surface area contributed by atoms with E-state index in [-0.39, 0.29) is 41.9 Å². The summed E-state index contributed by atoms with van der Waals surface area (Å²) >= 11 is 1.33. The summed E-state index contributed by atoms with van der Waals surface area (Å²) in [7, 11) is 2.91. The molecule has 188 valence electrons. The van der Waals surface area contributed by atoms with Crippen molar-refractivity contribution in [1.29, 1.82) is 0 Å². The number of benzene rings is 2. The lowest BCUT2D eigenvalue weighted by atomic mass is 10.1. The number of aromatic nitrogens is 3. The van der Waals surface area contributed by atoms with Gasteiger partial charge in [0.1, 0.15) is 0 Å². The zero-order valence-electron chi connectivity index (χ0n) is 20.6. The summed E-state index contributed by atoms with van der Waals surface area (Å²) < 4.78 is 22.9. The number of para-hydroxylation sites is 1. The standard InChI is InChI=1S/C25H26N4O6S/c1-6-19(30)29-16-11-9-8-10-15(16)21-23(26-25(36-5)28-27-21)35-24(29)14-12-17(32-3)22(18(13-14)33-4)34-20(31)7-2/h8-13,24H,6-7H2,1-5H3. The summed E-state index contributed by atoms with van der Waals surface area (Å²) in [5.74, 6) is 0.259. The molecule has 0 fully saturated rings. The fourth-order valence-corrected chi connectivity index (χ4v) is 4.08. The Labute approximate surface area is 212 Å². The maximum Gasteiger partial charge on any atom is 0.311 e. The van der Waals surface area contributed by atoms with E-state index in [0.29, 0.717) is 27.7 Å². The molecule has 0 spiro atoms. The zero-order valence-corrected chi connectivity index (χ0v) is 21.4. The first-order valence-corrected chi connectivity index (χ1v) is 12.5. The molecule has 4 rings (SSSR count). The van der Waals surface area contributed by atoms with Crippen LogP contribution in [0.1, 0.15) is 38.5 Å². The number of thioether (sulfide) groups is 1. The molecular weight excluding hydrogens is 484 g/mol. The summed E-state index contributed by atoms with van der Waals surface area (Å²) in [6.45, 7) is 3.47. The Hall–Kier alpha value is -3.86. The molecule has 36 heavy (non-hydrogen) atoms. The van der Waals surface area contributed by atoms with E-state index in [1.807, 2.05) is 30.5 Å². The monoisotopic (exact) mass is 510 g/mol. The first kappa shape index (κ1) is 25.2. The fraction of sp³-hybridized carbons (Fsp3) is 0.320. The van der Waals surface area contributed by atoms with Crippen LogP contribution in [0, 0.1) is 0 Å². The summed E-state index contributed by atoms with van der Waals surface area (Å²) in [6, 6.07) is 10.7. The summed E-state index contributed by atoms with van der Waals surface area (Å²) in [4.78, 5) is 31.5. The lowest BCUT2D eigenvalue weighted by molar-refractivity contribution is -0.134. The minimum absolute atomic E-state index is 0.145. The van der Waals surface area contributed by atoms with E-state index in [1.165, 1.54) is 26.0 Å². The first-order chi connectivity index (χ1) is 17.4. The molecule has 1 atom stereocenters. The van der Waals surface area contributed by atoms with Gasteiger partial charge in [0.05, 0.1) is 19.9 Å². The number of fused-ring (bicyclic) bond motifs is 3. The Bertz CT molecular complexity index is 1280. The fourth-order valence-electron chi connectivity index (χ4n) is 3.79. The molecule has 2 heterocycles. The van der Waals surface area contributed by atoms with Crippen molar-refractivity contribution in [1.82, 2.24) is 15.2 Å². The van der Waals surface area contributed by atoms with Crippen molar-refractivity contribution in [2.45, 2.75) is 38.1 Å².